The first-order chi connectivity index (χ1) is 7.54. The van der Waals surface area contributed by atoms with Crippen molar-refractivity contribution >= 4 is 5.91 Å². The Labute approximate surface area is 97.8 Å². The molecule has 0 aromatic rings. The summed E-state index contributed by atoms with van der Waals surface area (Å²) in [4.78, 5) is 13.7. The smallest absolute Gasteiger partial charge is 0.224 e. The number of carbonyl (C=O) groups excluding carboxylic acids is 1. The van der Waals surface area contributed by atoms with Crippen molar-refractivity contribution < 1.29 is 9.90 Å². The van der Waals surface area contributed by atoms with Gasteiger partial charge < -0.3 is 15.7 Å². The summed E-state index contributed by atoms with van der Waals surface area (Å²) < 4.78 is 0. The summed E-state index contributed by atoms with van der Waals surface area (Å²) in [5.41, 5.74) is 5.85. The van der Waals surface area contributed by atoms with Gasteiger partial charge in [-0.2, -0.15) is 0 Å². The topological polar surface area (TPSA) is 66.6 Å². The number of hydrogen-bond acceptors (Lipinski definition) is 3. The summed E-state index contributed by atoms with van der Waals surface area (Å²) >= 11 is 0. The Kier molecular flexibility index (Phi) is 5.22. The third-order valence-corrected chi connectivity index (χ3v) is 3.36. The van der Waals surface area contributed by atoms with Gasteiger partial charge in [-0.3, -0.25) is 4.79 Å². The zero-order valence-corrected chi connectivity index (χ0v) is 10.4. The Bertz CT molecular complexity index is 231. The molecule has 0 aliphatic carbocycles. The predicted octanol–water partition coefficient (Wildman–Crippen LogP) is 0.733. The maximum Gasteiger partial charge on any atom is 0.224 e. The molecule has 1 saturated heterocycles. The van der Waals surface area contributed by atoms with Crippen molar-refractivity contribution in [2.75, 3.05) is 13.1 Å². The zero-order chi connectivity index (χ0) is 12.1. The quantitative estimate of drug-likeness (QED) is 0.729. The zero-order valence-electron chi connectivity index (χ0n) is 10.4. The average Bonchev–Trinajstić information content (AvgIpc) is 2.66. The molecular weight excluding hydrogens is 204 g/mol. The molecule has 3 atom stereocenters. The molecule has 16 heavy (non-hydrogen) atoms. The van der Waals surface area contributed by atoms with Crippen LogP contribution in [0.2, 0.25) is 0 Å². The normalized spacial score (nSPS) is 24.5. The highest BCUT2D eigenvalue weighted by molar-refractivity contribution is 5.77. The lowest BCUT2D eigenvalue weighted by Gasteiger charge is -2.19. The number of hydrogen-bond donors (Lipinski definition) is 2. The number of aliphatic hydroxyl groups excluding tert-OH is 1. The SMILES string of the molecule is CCCC(N)CC(=O)N1CCC(C(C)O)C1. The fourth-order valence-corrected chi connectivity index (χ4v) is 2.23. The largest absolute Gasteiger partial charge is 0.393 e. The summed E-state index contributed by atoms with van der Waals surface area (Å²) in [5.74, 6) is 0.385. The van der Waals surface area contributed by atoms with Crippen molar-refractivity contribution in [1.29, 1.82) is 0 Å². The first kappa shape index (κ1) is 13.5. The van der Waals surface area contributed by atoms with Gasteiger partial charge in [-0.25, -0.2) is 0 Å². The molecule has 0 bridgehead atoms. The molecule has 3 N–H and O–H groups in total. The Morgan fingerprint density at radius 2 is 2.31 bits per heavy atom. The second kappa shape index (κ2) is 6.21. The predicted molar refractivity (Wildman–Crippen MR) is 63.9 cm³/mol. The number of rotatable bonds is 5. The molecule has 1 amide bonds. The van der Waals surface area contributed by atoms with Crippen molar-refractivity contribution in [2.24, 2.45) is 11.7 Å². The van der Waals surface area contributed by atoms with Gasteiger partial charge in [0.2, 0.25) is 5.91 Å². The van der Waals surface area contributed by atoms with Gasteiger partial charge in [0.25, 0.3) is 0 Å². The second-order valence-corrected chi connectivity index (χ2v) is 4.88. The lowest BCUT2D eigenvalue weighted by Crippen LogP contribution is -2.35. The van der Waals surface area contributed by atoms with E-state index in [4.69, 9.17) is 5.73 Å². The number of aliphatic hydroxyl groups is 1. The van der Waals surface area contributed by atoms with E-state index in [1.165, 1.54) is 0 Å². The van der Waals surface area contributed by atoms with Crippen LogP contribution in [0.3, 0.4) is 0 Å². The minimum atomic E-state index is -0.317. The van der Waals surface area contributed by atoms with Crippen molar-refractivity contribution in [3.63, 3.8) is 0 Å². The third-order valence-electron chi connectivity index (χ3n) is 3.36. The molecule has 0 aromatic carbocycles. The second-order valence-electron chi connectivity index (χ2n) is 4.88. The van der Waals surface area contributed by atoms with Gasteiger partial charge in [-0.15, -0.1) is 0 Å². The van der Waals surface area contributed by atoms with E-state index in [-0.39, 0.29) is 24.0 Å². The Morgan fingerprint density at radius 1 is 1.62 bits per heavy atom. The minimum absolute atomic E-state index is 0.0110. The summed E-state index contributed by atoms with van der Waals surface area (Å²) in [6.45, 7) is 5.33. The molecular formula is C12H24N2O2. The minimum Gasteiger partial charge on any atom is -0.393 e. The van der Waals surface area contributed by atoms with Gasteiger partial charge in [-0.05, 0) is 19.8 Å². The molecule has 1 fully saturated rings. The Balaban J connectivity index is 2.33. The monoisotopic (exact) mass is 228 g/mol. The third kappa shape index (κ3) is 3.76. The van der Waals surface area contributed by atoms with Crippen molar-refractivity contribution in [1.82, 2.24) is 4.90 Å². The highest BCUT2D eigenvalue weighted by atomic mass is 16.3. The molecule has 0 saturated carbocycles. The van der Waals surface area contributed by atoms with Crippen molar-refractivity contribution in [3.05, 3.63) is 0 Å². The standard InChI is InChI=1S/C12H24N2O2/c1-3-4-11(13)7-12(16)14-6-5-10(8-14)9(2)15/h9-11,15H,3-8,13H2,1-2H3. The van der Waals surface area contributed by atoms with Crippen molar-refractivity contribution in [2.45, 2.75) is 51.7 Å². The molecule has 0 spiro atoms. The van der Waals surface area contributed by atoms with Crippen LogP contribution in [0.5, 0.6) is 0 Å². The van der Waals surface area contributed by atoms with Gasteiger partial charge in [-0.1, -0.05) is 13.3 Å². The Hall–Kier alpha value is -0.610. The van der Waals surface area contributed by atoms with E-state index in [1.807, 2.05) is 4.90 Å². The number of nitrogens with two attached hydrogens (primary N) is 1. The molecule has 0 aromatic heterocycles. The van der Waals surface area contributed by atoms with Crippen LogP contribution in [-0.2, 0) is 4.79 Å². The number of nitrogens with zero attached hydrogens (tertiary/aromatic N) is 1. The van der Waals surface area contributed by atoms with Gasteiger partial charge >= 0.3 is 0 Å². The molecule has 3 unspecified atom stereocenters. The first-order valence-electron chi connectivity index (χ1n) is 6.26. The van der Waals surface area contributed by atoms with E-state index >= 15 is 0 Å². The average molecular weight is 228 g/mol. The van der Waals surface area contributed by atoms with E-state index < -0.39 is 0 Å². The maximum absolute atomic E-state index is 11.9. The number of likely N-dealkylation sites (tertiary alicyclic amines) is 1. The molecule has 1 rings (SSSR count). The van der Waals surface area contributed by atoms with Crippen molar-refractivity contribution in [3.8, 4) is 0 Å². The molecule has 4 nitrogen and oxygen atoms in total. The van der Waals surface area contributed by atoms with Crippen LogP contribution in [0.25, 0.3) is 0 Å². The van der Waals surface area contributed by atoms with Crippen LogP contribution < -0.4 is 5.73 Å². The van der Waals surface area contributed by atoms with Crippen LogP contribution in [0.15, 0.2) is 0 Å². The van der Waals surface area contributed by atoms with Crippen LogP contribution in [0.1, 0.15) is 39.5 Å². The lowest BCUT2D eigenvalue weighted by molar-refractivity contribution is -0.130. The summed E-state index contributed by atoms with van der Waals surface area (Å²) in [7, 11) is 0. The fourth-order valence-electron chi connectivity index (χ4n) is 2.23. The lowest BCUT2D eigenvalue weighted by atomic mass is 10.0. The van der Waals surface area contributed by atoms with Gasteiger partial charge in [0, 0.05) is 31.5 Å². The van der Waals surface area contributed by atoms with Crippen LogP contribution in [0.4, 0.5) is 0 Å². The Morgan fingerprint density at radius 3 is 2.81 bits per heavy atom. The van der Waals surface area contributed by atoms with Gasteiger partial charge in [0.05, 0.1) is 6.10 Å². The first-order valence-corrected chi connectivity index (χ1v) is 6.26. The van der Waals surface area contributed by atoms with E-state index in [0.717, 1.165) is 25.8 Å². The fraction of sp³-hybridized carbons (Fsp3) is 0.917. The molecule has 0 radical (unpaired) electrons. The number of carbonyl (C=O) groups is 1. The van der Waals surface area contributed by atoms with E-state index in [1.54, 1.807) is 6.92 Å². The maximum atomic E-state index is 11.9. The van der Waals surface area contributed by atoms with Crippen LogP contribution in [-0.4, -0.2) is 41.1 Å². The van der Waals surface area contributed by atoms with Gasteiger partial charge in [0.15, 0.2) is 0 Å². The van der Waals surface area contributed by atoms with E-state index in [2.05, 4.69) is 6.92 Å². The molecule has 1 aliphatic heterocycles. The van der Waals surface area contributed by atoms with Gasteiger partial charge in [0.1, 0.15) is 0 Å². The molecule has 94 valence electrons. The highest BCUT2D eigenvalue weighted by Gasteiger charge is 2.29. The van der Waals surface area contributed by atoms with Crippen LogP contribution >= 0.6 is 0 Å². The molecule has 4 heteroatoms. The molecule has 1 heterocycles. The van der Waals surface area contributed by atoms with Crippen LogP contribution in [0, 0.1) is 5.92 Å². The highest BCUT2D eigenvalue weighted by Crippen LogP contribution is 2.20. The molecule has 1 aliphatic rings. The summed E-state index contributed by atoms with van der Waals surface area (Å²) in [5, 5.41) is 9.46. The summed E-state index contributed by atoms with van der Waals surface area (Å²) in [6, 6.07) is -0.0110. The van der Waals surface area contributed by atoms with E-state index in [0.29, 0.717) is 13.0 Å². The summed E-state index contributed by atoms with van der Waals surface area (Å²) in [6.07, 6.45) is 2.96. The van der Waals surface area contributed by atoms with E-state index in [9.17, 15) is 9.90 Å². The number of amides is 1.